The van der Waals surface area contributed by atoms with Crippen LogP contribution in [0.5, 0.6) is 0 Å². The molecule has 1 amide bonds. The molecule has 0 unspecified atom stereocenters. The minimum atomic E-state index is -0.404. The van der Waals surface area contributed by atoms with Gasteiger partial charge in [0, 0.05) is 12.5 Å². The third kappa shape index (κ3) is 3.74. The molecule has 1 aliphatic carbocycles. The second-order valence-electron chi connectivity index (χ2n) is 8.61. The van der Waals surface area contributed by atoms with Crippen LogP contribution in [0, 0.1) is 0 Å². The lowest BCUT2D eigenvalue weighted by atomic mass is 9.98. The van der Waals surface area contributed by atoms with Gasteiger partial charge in [0.05, 0.1) is 19.6 Å². The average Bonchev–Trinajstić information content (AvgIpc) is 3.37. The van der Waals surface area contributed by atoms with Gasteiger partial charge in [0.25, 0.3) is 5.82 Å². The predicted molar refractivity (Wildman–Crippen MR) is 133 cm³/mol. The molecule has 1 aromatic heterocycles. The number of nitrogens with one attached hydrogen (secondary N) is 1. The molecule has 1 aliphatic rings. The Morgan fingerprint density at radius 1 is 1.03 bits per heavy atom. The van der Waals surface area contributed by atoms with E-state index in [4.69, 9.17) is 10.5 Å². The van der Waals surface area contributed by atoms with Gasteiger partial charge in [-0.15, -0.1) is 0 Å². The number of hydrogen-bond acceptors (Lipinski definition) is 3. The van der Waals surface area contributed by atoms with Crippen molar-refractivity contribution in [3.63, 3.8) is 0 Å². The van der Waals surface area contributed by atoms with Gasteiger partial charge in [-0.25, -0.2) is 13.9 Å². The van der Waals surface area contributed by atoms with Crippen molar-refractivity contribution in [3.8, 4) is 11.1 Å². The number of hydrogen-bond donors (Lipinski definition) is 2. The van der Waals surface area contributed by atoms with Gasteiger partial charge in [0.2, 0.25) is 0 Å². The lowest BCUT2D eigenvalue weighted by Gasteiger charge is -2.14. The van der Waals surface area contributed by atoms with Crippen LogP contribution in [0.25, 0.3) is 22.2 Å². The third-order valence-electron chi connectivity index (χ3n) is 6.84. The topological polar surface area (TPSA) is 73.2 Å². The van der Waals surface area contributed by atoms with E-state index in [1.165, 1.54) is 22.3 Å². The van der Waals surface area contributed by atoms with E-state index >= 15 is 0 Å². The van der Waals surface area contributed by atoms with E-state index in [1.807, 2.05) is 12.1 Å². The van der Waals surface area contributed by atoms with Crippen LogP contribution >= 0.6 is 0 Å². The highest BCUT2D eigenvalue weighted by Crippen LogP contribution is 2.44. The summed E-state index contributed by atoms with van der Waals surface area (Å²) in [5.74, 6) is 1.17. The minimum absolute atomic E-state index is 0.0569. The number of imidazole rings is 1. The third-order valence-corrected chi connectivity index (χ3v) is 6.84. The molecule has 0 bridgehead atoms. The number of aryl methyl sites for hydroxylation is 2. The Morgan fingerprint density at radius 3 is 2.32 bits per heavy atom. The fourth-order valence-electron chi connectivity index (χ4n) is 5.30. The maximum atomic E-state index is 12.6. The van der Waals surface area contributed by atoms with E-state index in [9.17, 15) is 4.79 Å². The molecule has 0 atom stereocenters. The molecule has 0 fully saturated rings. The molecule has 0 saturated heterocycles. The Morgan fingerprint density at radius 2 is 1.71 bits per heavy atom. The molecule has 4 aromatic rings. The summed E-state index contributed by atoms with van der Waals surface area (Å²) in [4.78, 5) is 12.6. The number of amides is 1. The first-order valence-electron chi connectivity index (χ1n) is 12.0. The summed E-state index contributed by atoms with van der Waals surface area (Å²) >= 11 is 0. The summed E-state index contributed by atoms with van der Waals surface area (Å²) in [6, 6.07) is 23.0. The summed E-state index contributed by atoms with van der Waals surface area (Å²) in [5.41, 5.74) is 14.2. The Bertz CT molecular complexity index is 1310. The number of fused-ring (bicyclic) bond motifs is 4. The first kappa shape index (κ1) is 22.2. The van der Waals surface area contributed by atoms with Crippen LogP contribution in [-0.4, -0.2) is 17.3 Å². The van der Waals surface area contributed by atoms with Crippen LogP contribution in [0.1, 0.15) is 42.3 Å². The molecule has 5 rings (SSSR count). The zero-order valence-electron chi connectivity index (χ0n) is 19.8. The fourth-order valence-corrected chi connectivity index (χ4v) is 5.30. The molecule has 0 radical (unpaired) electrons. The minimum Gasteiger partial charge on any atom is -0.449 e. The van der Waals surface area contributed by atoms with Crippen molar-refractivity contribution < 1.29 is 14.1 Å². The molecule has 0 aliphatic heterocycles. The van der Waals surface area contributed by atoms with Gasteiger partial charge in [-0.2, -0.15) is 0 Å². The zero-order valence-corrected chi connectivity index (χ0v) is 19.8. The maximum absolute atomic E-state index is 12.6. The lowest BCUT2D eigenvalue weighted by Crippen LogP contribution is -2.38. The maximum Gasteiger partial charge on any atom is 0.407 e. The van der Waals surface area contributed by atoms with Crippen LogP contribution in [-0.2, 0) is 30.9 Å². The molecule has 6 nitrogen and oxygen atoms in total. The van der Waals surface area contributed by atoms with Crippen LogP contribution in [0.4, 0.5) is 4.79 Å². The van der Waals surface area contributed by atoms with E-state index < -0.39 is 6.09 Å². The number of rotatable bonds is 7. The standard InChI is InChI=1S/C28H30N4O2/c1-3-31-25-14-13-19(15-26(25)32(4-2)27(31)16-29)17-30-28(33)34-18-24-22-11-7-5-9-20(22)21-10-6-8-12-23(21)24/h5-15,24H,3-4,16-18,29H2,1-2H3/p+1. The number of aromatic nitrogens is 2. The number of alkyl carbamates (subject to hydrolysis) is 1. The van der Waals surface area contributed by atoms with E-state index in [0.717, 1.165) is 35.5 Å². The first-order valence-corrected chi connectivity index (χ1v) is 12.0. The highest BCUT2D eigenvalue weighted by atomic mass is 16.5. The van der Waals surface area contributed by atoms with Crippen LogP contribution < -0.4 is 15.6 Å². The predicted octanol–water partition coefficient (Wildman–Crippen LogP) is 4.47. The van der Waals surface area contributed by atoms with Crippen molar-refractivity contribution in [1.29, 1.82) is 0 Å². The molecule has 0 saturated carbocycles. The summed E-state index contributed by atoms with van der Waals surface area (Å²) in [6.45, 7) is 7.18. The summed E-state index contributed by atoms with van der Waals surface area (Å²) < 4.78 is 10.2. The van der Waals surface area contributed by atoms with Crippen molar-refractivity contribution in [2.45, 2.75) is 45.9 Å². The van der Waals surface area contributed by atoms with Gasteiger partial charge in [-0.05, 0) is 53.8 Å². The van der Waals surface area contributed by atoms with Gasteiger partial charge in [0.1, 0.15) is 6.61 Å². The summed E-state index contributed by atoms with van der Waals surface area (Å²) in [7, 11) is 0. The number of carbonyl (C=O) groups excluding carboxylic acids is 1. The van der Waals surface area contributed by atoms with Gasteiger partial charge >= 0.3 is 6.09 Å². The van der Waals surface area contributed by atoms with Gasteiger partial charge < -0.3 is 15.8 Å². The molecular weight excluding hydrogens is 424 g/mol. The van der Waals surface area contributed by atoms with E-state index in [-0.39, 0.29) is 5.92 Å². The van der Waals surface area contributed by atoms with Gasteiger partial charge in [-0.1, -0.05) is 54.6 Å². The summed E-state index contributed by atoms with van der Waals surface area (Å²) in [6.07, 6.45) is -0.404. The van der Waals surface area contributed by atoms with Crippen molar-refractivity contribution in [1.82, 2.24) is 9.88 Å². The average molecular weight is 456 g/mol. The van der Waals surface area contributed by atoms with E-state index in [2.05, 4.69) is 82.9 Å². The number of nitrogens with zero attached hydrogens (tertiary/aromatic N) is 2. The van der Waals surface area contributed by atoms with Crippen molar-refractivity contribution in [2.75, 3.05) is 6.61 Å². The molecule has 3 aromatic carbocycles. The Kier molecular flexibility index (Phi) is 6.07. The molecule has 34 heavy (non-hydrogen) atoms. The number of nitrogens with two attached hydrogens (primary N) is 1. The second kappa shape index (κ2) is 9.31. The molecule has 1 heterocycles. The van der Waals surface area contributed by atoms with E-state index in [0.29, 0.717) is 19.7 Å². The molecule has 0 spiro atoms. The lowest BCUT2D eigenvalue weighted by molar-refractivity contribution is -0.676. The quantitative estimate of drug-likeness (QED) is 0.404. The normalized spacial score (nSPS) is 12.6. The van der Waals surface area contributed by atoms with Gasteiger partial charge in [0.15, 0.2) is 11.0 Å². The number of benzene rings is 3. The monoisotopic (exact) mass is 455 g/mol. The summed E-state index contributed by atoms with van der Waals surface area (Å²) in [5, 5.41) is 2.92. The van der Waals surface area contributed by atoms with Crippen LogP contribution in [0.3, 0.4) is 0 Å². The zero-order chi connectivity index (χ0) is 23.7. The highest BCUT2D eigenvalue weighted by Gasteiger charge is 2.29. The SMILES string of the molecule is CCn1c(CN)[n+](CC)c2ccc(CNC(=O)OCC3c4ccccc4-c4ccccc43)cc21. The fraction of sp³-hybridized carbons (Fsp3) is 0.286. The Balaban J connectivity index is 1.27. The van der Waals surface area contributed by atoms with Crippen LogP contribution in [0.2, 0.25) is 0 Å². The first-order chi connectivity index (χ1) is 16.7. The molecule has 3 N–H and O–H groups in total. The Labute approximate surface area is 200 Å². The largest absolute Gasteiger partial charge is 0.449 e. The van der Waals surface area contributed by atoms with Crippen LogP contribution in [0.15, 0.2) is 66.7 Å². The number of ether oxygens (including phenoxy) is 1. The molecular formula is C28H31N4O2+. The Hall–Kier alpha value is -3.64. The smallest absolute Gasteiger partial charge is 0.407 e. The van der Waals surface area contributed by atoms with Crippen molar-refractivity contribution >= 4 is 17.1 Å². The second-order valence-corrected chi connectivity index (χ2v) is 8.61. The molecule has 174 valence electrons. The van der Waals surface area contributed by atoms with Crippen molar-refractivity contribution in [3.05, 3.63) is 89.2 Å². The van der Waals surface area contributed by atoms with E-state index in [1.54, 1.807) is 0 Å². The highest BCUT2D eigenvalue weighted by molar-refractivity contribution is 5.79. The van der Waals surface area contributed by atoms with Crippen molar-refractivity contribution in [2.24, 2.45) is 5.73 Å². The number of carbonyl (C=O) groups is 1. The molecule has 6 heteroatoms. The van der Waals surface area contributed by atoms with Gasteiger partial charge in [-0.3, -0.25) is 0 Å².